The van der Waals surface area contributed by atoms with Crippen LogP contribution in [0, 0.1) is 10.1 Å². The van der Waals surface area contributed by atoms with Crippen LogP contribution in [0.4, 0.5) is 5.69 Å². The van der Waals surface area contributed by atoms with Crippen molar-refractivity contribution in [1.29, 1.82) is 0 Å². The highest BCUT2D eigenvalue weighted by atomic mass is 16.6. The van der Waals surface area contributed by atoms with Gasteiger partial charge < -0.3 is 5.32 Å². The molecule has 5 heteroatoms. The summed E-state index contributed by atoms with van der Waals surface area (Å²) in [6, 6.07) is 5.86. The summed E-state index contributed by atoms with van der Waals surface area (Å²) in [6.07, 6.45) is 2.30. The van der Waals surface area contributed by atoms with Crippen molar-refractivity contribution in [3.63, 3.8) is 0 Å². The summed E-state index contributed by atoms with van der Waals surface area (Å²) in [4.78, 5) is 21.7. The molecular weight excluding hydrogens is 208 g/mol. The van der Waals surface area contributed by atoms with Crippen molar-refractivity contribution in [2.75, 3.05) is 6.54 Å². The number of carbonyl (C=O) groups excluding carboxylic acids is 1. The van der Waals surface area contributed by atoms with E-state index < -0.39 is 10.8 Å². The average Bonchev–Trinajstić information content (AvgIpc) is 2.29. The van der Waals surface area contributed by atoms with Crippen molar-refractivity contribution in [1.82, 2.24) is 5.32 Å². The van der Waals surface area contributed by atoms with Crippen LogP contribution >= 0.6 is 0 Å². The summed E-state index contributed by atoms with van der Waals surface area (Å²) in [6.45, 7) is 3.94. The molecule has 1 amide bonds. The second kappa shape index (κ2) is 5.65. The Bertz CT molecular complexity index is 415. The van der Waals surface area contributed by atoms with Crippen molar-refractivity contribution < 1.29 is 9.72 Å². The van der Waals surface area contributed by atoms with E-state index in [4.69, 9.17) is 0 Å². The molecule has 16 heavy (non-hydrogen) atoms. The monoisotopic (exact) mass is 220 g/mol. The molecule has 0 heterocycles. The van der Waals surface area contributed by atoms with Crippen molar-refractivity contribution in [3.8, 4) is 0 Å². The van der Waals surface area contributed by atoms with Crippen LogP contribution in [0.25, 0.3) is 0 Å². The predicted octanol–water partition coefficient (Wildman–Crippen LogP) is 1.90. The molecule has 0 aliphatic carbocycles. The summed E-state index contributed by atoms with van der Waals surface area (Å²) in [5.74, 6) is -0.436. The first-order valence-corrected chi connectivity index (χ1v) is 4.79. The Balaban J connectivity index is 2.82. The third-order valence-electron chi connectivity index (χ3n) is 1.98. The maximum absolute atomic E-state index is 11.6. The number of carbonyl (C=O) groups is 1. The van der Waals surface area contributed by atoms with Crippen LogP contribution in [0.15, 0.2) is 36.9 Å². The van der Waals surface area contributed by atoms with Crippen LogP contribution in [-0.4, -0.2) is 17.4 Å². The molecule has 0 fully saturated rings. The van der Waals surface area contributed by atoms with Crippen molar-refractivity contribution in [2.24, 2.45) is 0 Å². The first-order chi connectivity index (χ1) is 7.66. The lowest BCUT2D eigenvalue weighted by Gasteiger charge is -2.03. The Morgan fingerprint density at radius 3 is 2.81 bits per heavy atom. The van der Waals surface area contributed by atoms with Gasteiger partial charge in [0.15, 0.2) is 0 Å². The molecule has 0 aliphatic heterocycles. The summed E-state index contributed by atoms with van der Waals surface area (Å²) < 4.78 is 0. The number of nitrogens with one attached hydrogen (secondary N) is 1. The molecule has 0 spiro atoms. The van der Waals surface area contributed by atoms with Gasteiger partial charge in [-0.1, -0.05) is 18.2 Å². The molecule has 0 radical (unpaired) electrons. The van der Waals surface area contributed by atoms with Gasteiger partial charge in [-0.2, -0.15) is 0 Å². The SMILES string of the molecule is C=CCCNC(=O)c1ccccc1[N+](=O)[O-]. The van der Waals surface area contributed by atoms with Crippen molar-refractivity contribution >= 4 is 11.6 Å². The number of hydrogen-bond donors (Lipinski definition) is 1. The lowest BCUT2D eigenvalue weighted by molar-refractivity contribution is -0.385. The van der Waals surface area contributed by atoms with E-state index in [1.54, 1.807) is 12.1 Å². The number of nitrogens with zero attached hydrogens (tertiary/aromatic N) is 1. The molecule has 84 valence electrons. The highest BCUT2D eigenvalue weighted by Crippen LogP contribution is 2.17. The summed E-state index contributed by atoms with van der Waals surface area (Å²) >= 11 is 0. The smallest absolute Gasteiger partial charge is 0.282 e. The van der Waals surface area contributed by atoms with Gasteiger partial charge in [0.05, 0.1) is 4.92 Å². The van der Waals surface area contributed by atoms with Crippen LogP contribution in [0.3, 0.4) is 0 Å². The molecule has 0 unspecified atom stereocenters. The number of nitro benzene ring substituents is 1. The van der Waals surface area contributed by atoms with E-state index in [9.17, 15) is 14.9 Å². The van der Waals surface area contributed by atoms with Crippen molar-refractivity contribution in [2.45, 2.75) is 6.42 Å². The molecule has 0 atom stereocenters. The number of para-hydroxylation sites is 1. The zero-order valence-electron chi connectivity index (χ0n) is 8.68. The zero-order chi connectivity index (χ0) is 12.0. The lowest BCUT2D eigenvalue weighted by atomic mass is 10.1. The molecule has 0 saturated carbocycles. The fraction of sp³-hybridized carbons (Fsp3) is 0.182. The number of amides is 1. The number of hydrogen-bond acceptors (Lipinski definition) is 3. The van der Waals surface area contributed by atoms with Gasteiger partial charge in [0.25, 0.3) is 11.6 Å². The molecule has 5 nitrogen and oxygen atoms in total. The van der Waals surface area contributed by atoms with Crippen LogP contribution in [0.5, 0.6) is 0 Å². The normalized spacial score (nSPS) is 9.50. The minimum absolute atomic E-state index is 0.0802. The minimum atomic E-state index is -0.567. The standard InChI is InChI=1S/C11H12N2O3/c1-2-3-8-12-11(14)9-6-4-5-7-10(9)13(15)16/h2,4-7H,1,3,8H2,(H,12,14). The van der Waals surface area contributed by atoms with E-state index in [2.05, 4.69) is 11.9 Å². The Morgan fingerprint density at radius 2 is 2.19 bits per heavy atom. The van der Waals surface area contributed by atoms with Crippen molar-refractivity contribution in [3.05, 3.63) is 52.6 Å². The van der Waals surface area contributed by atoms with E-state index in [-0.39, 0.29) is 11.3 Å². The summed E-state index contributed by atoms with van der Waals surface area (Å²) in [7, 11) is 0. The van der Waals surface area contributed by atoms with Gasteiger partial charge in [-0.05, 0) is 12.5 Å². The van der Waals surface area contributed by atoms with Crippen LogP contribution in [-0.2, 0) is 0 Å². The van der Waals surface area contributed by atoms with Gasteiger partial charge >= 0.3 is 0 Å². The number of rotatable bonds is 5. The first kappa shape index (κ1) is 11.9. The lowest BCUT2D eigenvalue weighted by Crippen LogP contribution is -2.24. The van der Waals surface area contributed by atoms with E-state index >= 15 is 0 Å². The van der Waals surface area contributed by atoms with Crippen LogP contribution < -0.4 is 5.32 Å². The highest BCUT2D eigenvalue weighted by Gasteiger charge is 2.18. The maximum atomic E-state index is 11.6. The molecule has 1 aromatic carbocycles. The average molecular weight is 220 g/mol. The number of nitro groups is 1. The highest BCUT2D eigenvalue weighted by molar-refractivity contribution is 5.98. The second-order valence-corrected chi connectivity index (χ2v) is 3.11. The topological polar surface area (TPSA) is 72.2 Å². The van der Waals surface area contributed by atoms with Gasteiger partial charge in [0, 0.05) is 12.6 Å². The molecule has 1 aromatic rings. The van der Waals surface area contributed by atoms with E-state index in [1.807, 2.05) is 0 Å². The third kappa shape index (κ3) is 2.91. The van der Waals surface area contributed by atoms with E-state index in [1.165, 1.54) is 18.2 Å². The van der Waals surface area contributed by atoms with Crippen LogP contribution in [0.1, 0.15) is 16.8 Å². The van der Waals surface area contributed by atoms with Crippen LogP contribution in [0.2, 0.25) is 0 Å². The molecule has 1 N–H and O–H groups in total. The van der Waals surface area contributed by atoms with Gasteiger partial charge in [-0.25, -0.2) is 0 Å². The van der Waals surface area contributed by atoms with Gasteiger partial charge in [-0.15, -0.1) is 6.58 Å². The minimum Gasteiger partial charge on any atom is -0.352 e. The molecule has 0 aliphatic rings. The largest absolute Gasteiger partial charge is 0.352 e. The zero-order valence-corrected chi connectivity index (χ0v) is 8.68. The Hall–Kier alpha value is -2.17. The molecule has 0 bridgehead atoms. The molecule has 0 aromatic heterocycles. The Kier molecular flexibility index (Phi) is 4.20. The van der Waals surface area contributed by atoms with Gasteiger partial charge in [0.1, 0.15) is 5.56 Å². The fourth-order valence-electron chi connectivity index (χ4n) is 1.21. The molecular formula is C11H12N2O3. The second-order valence-electron chi connectivity index (χ2n) is 3.11. The molecule has 1 rings (SSSR count). The van der Waals surface area contributed by atoms with E-state index in [0.717, 1.165) is 0 Å². The maximum Gasteiger partial charge on any atom is 0.282 e. The summed E-state index contributed by atoms with van der Waals surface area (Å²) in [5, 5.41) is 13.2. The summed E-state index contributed by atoms with van der Waals surface area (Å²) in [5.41, 5.74) is -0.102. The predicted molar refractivity (Wildman–Crippen MR) is 60.2 cm³/mol. The van der Waals surface area contributed by atoms with Gasteiger partial charge in [-0.3, -0.25) is 14.9 Å². The number of benzene rings is 1. The van der Waals surface area contributed by atoms with Gasteiger partial charge in [0.2, 0.25) is 0 Å². The Morgan fingerprint density at radius 1 is 1.50 bits per heavy atom. The first-order valence-electron chi connectivity index (χ1n) is 4.79. The molecule has 0 saturated heterocycles. The quantitative estimate of drug-likeness (QED) is 0.356. The van der Waals surface area contributed by atoms with E-state index in [0.29, 0.717) is 13.0 Å². The Labute approximate surface area is 92.9 Å². The third-order valence-corrected chi connectivity index (χ3v) is 1.98. The fourth-order valence-corrected chi connectivity index (χ4v) is 1.21.